The molecule has 1 aliphatic carbocycles. The molecule has 0 radical (unpaired) electrons. The van der Waals surface area contributed by atoms with E-state index >= 15 is 0 Å². The number of hydrogen-bond donors (Lipinski definition) is 1. The predicted octanol–water partition coefficient (Wildman–Crippen LogP) is 5.41. The van der Waals surface area contributed by atoms with E-state index in [1.54, 1.807) is 0 Å². The number of halogens is 1. The molecule has 0 spiro atoms. The molecule has 5 rings (SSSR count). The molecule has 1 N–H and O–H groups in total. The van der Waals surface area contributed by atoms with Crippen molar-refractivity contribution in [2.45, 2.75) is 37.1 Å². The quantitative estimate of drug-likeness (QED) is 0.675. The molecule has 30 heavy (non-hydrogen) atoms. The number of ether oxygens (including phenoxy) is 1. The van der Waals surface area contributed by atoms with Crippen LogP contribution < -0.4 is 10.1 Å². The van der Waals surface area contributed by atoms with Crippen LogP contribution in [0.15, 0.2) is 66.9 Å². The Balaban J connectivity index is 1.32. The Kier molecular flexibility index (Phi) is 5.58. The fourth-order valence-corrected chi connectivity index (χ4v) is 5.29. The van der Waals surface area contributed by atoms with E-state index in [4.69, 9.17) is 16.3 Å². The molecule has 0 saturated heterocycles. The van der Waals surface area contributed by atoms with Gasteiger partial charge in [0.2, 0.25) is 0 Å². The second kappa shape index (κ2) is 8.49. The van der Waals surface area contributed by atoms with Gasteiger partial charge in [0.05, 0.1) is 6.54 Å². The van der Waals surface area contributed by atoms with Crippen molar-refractivity contribution in [1.82, 2.24) is 10.2 Å². The molecule has 0 aromatic heterocycles. The van der Waals surface area contributed by atoms with Crippen molar-refractivity contribution < 1.29 is 4.74 Å². The van der Waals surface area contributed by atoms with E-state index in [2.05, 4.69) is 65.0 Å². The Morgan fingerprint density at radius 2 is 1.97 bits per heavy atom. The summed E-state index contributed by atoms with van der Waals surface area (Å²) in [4.78, 5) is 2.27. The highest BCUT2D eigenvalue weighted by Crippen LogP contribution is 2.53. The van der Waals surface area contributed by atoms with Gasteiger partial charge in [-0.25, -0.2) is 0 Å². The molecular weight excluding hydrogens is 392 g/mol. The van der Waals surface area contributed by atoms with Crippen LogP contribution >= 0.6 is 11.6 Å². The first kappa shape index (κ1) is 19.7. The lowest BCUT2D eigenvalue weighted by Crippen LogP contribution is -2.49. The van der Waals surface area contributed by atoms with Gasteiger partial charge in [-0.05, 0) is 79.0 Å². The van der Waals surface area contributed by atoms with Gasteiger partial charge in [0.15, 0.2) is 0 Å². The van der Waals surface area contributed by atoms with Crippen LogP contribution in [0.4, 0.5) is 0 Å². The zero-order valence-corrected chi connectivity index (χ0v) is 18.1. The minimum Gasteiger partial charge on any atom is -0.492 e. The third-order valence-corrected chi connectivity index (χ3v) is 7.17. The Hall–Kier alpha value is -2.23. The summed E-state index contributed by atoms with van der Waals surface area (Å²) >= 11 is 6.16. The minimum absolute atomic E-state index is 0.177. The largest absolute Gasteiger partial charge is 0.492 e. The number of rotatable bonds is 6. The van der Waals surface area contributed by atoms with E-state index in [9.17, 15) is 0 Å². The summed E-state index contributed by atoms with van der Waals surface area (Å²) in [6.07, 6.45) is 13.3. The van der Waals surface area contributed by atoms with Crippen molar-refractivity contribution in [3.05, 3.63) is 88.6 Å². The number of nitrogens with zero attached hydrogens (tertiary/aromatic N) is 1. The van der Waals surface area contributed by atoms with E-state index in [1.807, 2.05) is 12.1 Å². The first-order valence-electron chi connectivity index (χ1n) is 11.1. The number of allylic oxidation sites excluding steroid dienone is 2. The van der Waals surface area contributed by atoms with Crippen LogP contribution in [0.25, 0.3) is 0 Å². The molecule has 0 bridgehead atoms. The molecule has 3 nitrogen and oxygen atoms in total. The maximum Gasteiger partial charge on any atom is 0.119 e. The molecular formula is C26H29ClN2O. The van der Waals surface area contributed by atoms with E-state index < -0.39 is 0 Å². The number of nitrogens with one attached hydrogen (secondary N) is 1. The van der Waals surface area contributed by atoms with Crippen molar-refractivity contribution in [3.8, 4) is 5.75 Å². The van der Waals surface area contributed by atoms with Gasteiger partial charge in [-0.1, -0.05) is 48.4 Å². The average molecular weight is 421 g/mol. The van der Waals surface area contributed by atoms with E-state index in [-0.39, 0.29) is 5.41 Å². The fraction of sp³-hybridized carbons (Fsp3) is 0.385. The van der Waals surface area contributed by atoms with Crippen LogP contribution in [0.1, 0.15) is 42.0 Å². The predicted molar refractivity (Wildman–Crippen MR) is 123 cm³/mol. The fourth-order valence-electron chi connectivity index (χ4n) is 5.16. The highest BCUT2D eigenvalue weighted by molar-refractivity contribution is 6.30. The summed E-state index contributed by atoms with van der Waals surface area (Å²) in [6.45, 7) is 3.58. The van der Waals surface area contributed by atoms with E-state index in [0.717, 1.165) is 36.8 Å². The zero-order valence-electron chi connectivity index (χ0n) is 17.3. The number of fused-ring (bicyclic) bond motifs is 1. The van der Waals surface area contributed by atoms with Crippen LogP contribution in [0, 0.1) is 0 Å². The number of benzene rings is 2. The van der Waals surface area contributed by atoms with Crippen molar-refractivity contribution in [3.63, 3.8) is 0 Å². The van der Waals surface area contributed by atoms with Crippen molar-refractivity contribution >= 4 is 11.6 Å². The van der Waals surface area contributed by atoms with Crippen LogP contribution in [-0.2, 0) is 11.8 Å². The summed E-state index contributed by atoms with van der Waals surface area (Å²) in [7, 11) is 0. The number of hydrogen-bond acceptors (Lipinski definition) is 3. The lowest BCUT2D eigenvalue weighted by atomic mass is 9.58. The molecule has 1 unspecified atom stereocenters. The monoisotopic (exact) mass is 420 g/mol. The van der Waals surface area contributed by atoms with Gasteiger partial charge in [-0.15, -0.1) is 0 Å². The molecule has 4 heteroatoms. The van der Waals surface area contributed by atoms with Gasteiger partial charge >= 0.3 is 0 Å². The third kappa shape index (κ3) is 3.77. The summed E-state index contributed by atoms with van der Waals surface area (Å²) < 4.78 is 6.10. The van der Waals surface area contributed by atoms with Gasteiger partial charge in [0.1, 0.15) is 12.4 Å². The second-order valence-electron chi connectivity index (χ2n) is 8.63. The molecule has 0 amide bonds. The Labute approximate surface area is 184 Å². The summed E-state index contributed by atoms with van der Waals surface area (Å²) in [6, 6.07) is 15.6. The van der Waals surface area contributed by atoms with Crippen LogP contribution in [0.5, 0.6) is 5.75 Å². The Morgan fingerprint density at radius 1 is 1.10 bits per heavy atom. The Bertz CT molecular complexity index is 946. The lowest BCUT2D eigenvalue weighted by Gasteiger charge is -2.50. The topological polar surface area (TPSA) is 24.5 Å². The van der Waals surface area contributed by atoms with Gasteiger partial charge < -0.3 is 15.0 Å². The minimum atomic E-state index is 0.177. The van der Waals surface area contributed by atoms with E-state index in [1.165, 1.54) is 36.0 Å². The molecule has 1 atom stereocenters. The second-order valence-corrected chi connectivity index (χ2v) is 9.06. The summed E-state index contributed by atoms with van der Waals surface area (Å²) in [5.74, 6) is 0.986. The van der Waals surface area contributed by atoms with Gasteiger partial charge in [0.25, 0.3) is 0 Å². The molecule has 156 valence electrons. The highest BCUT2D eigenvalue weighted by Gasteiger charge is 2.47. The maximum absolute atomic E-state index is 6.16. The van der Waals surface area contributed by atoms with Crippen molar-refractivity contribution in [2.24, 2.45) is 0 Å². The molecule has 2 heterocycles. The summed E-state index contributed by atoms with van der Waals surface area (Å²) in [5, 5.41) is 4.65. The smallest absolute Gasteiger partial charge is 0.119 e. The highest BCUT2D eigenvalue weighted by atomic mass is 35.5. The zero-order chi connectivity index (χ0) is 20.4. The van der Waals surface area contributed by atoms with Crippen molar-refractivity contribution in [2.75, 3.05) is 26.2 Å². The van der Waals surface area contributed by atoms with Gasteiger partial charge in [0, 0.05) is 23.0 Å². The molecule has 1 fully saturated rings. The van der Waals surface area contributed by atoms with Gasteiger partial charge in [-0.2, -0.15) is 0 Å². The van der Waals surface area contributed by atoms with Crippen LogP contribution in [0.2, 0.25) is 5.02 Å². The van der Waals surface area contributed by atoms with Crippen LogP contribution in [0.3, 0.4) is 0 Å². The SMILES string of the molecule is Clc1ccc(C2(C3NCCc4cc(OCCN5C=CC=CC5)ccc43)CCC2)cc1. The molecule has 2 aliphatic heterocycles. The van der Waals surface area contributed by atoms with Crippen LogP contribution in [-0.4, -0.2) is 31.1 Å². The molecule has 2 aromatic carbocycles. The molecule has 3 aliphatic rings. The first-order chi connectivity index (χ1) is 14.7. The maximum atomic E-state index is 6.16. The molecule has 1 saturated carbocycles. The normalized spacial score (nSPS) is 21.8. The van der Waals surface area contributed by atoms with E-state index in [0.29, 0.717) is 12.6 Å². The standard InChI is InChI=1S/C26H29ClN2O/c27-22-7-5-21(6-8-22)26(12-4-13-26)25-24-10-9-23(19-20(24)11-14-28-25)30-18-17-29-15-2-1-3-16-29/h1-3,5-10,15,19,25,28H,4,11-14,16-18H2. The third-order valence-electron chi connectivity index (χ3n) is 6.92. The molecule has 2 aromatic rings. The first-order valence-corrected chi connectivity index (χ1v) is 11.4. The van der Waals surface area contributed by atoms with Gasteiger partial charge in [-0.3, -0.25) is 0 Å². The summed E-state index contributed by atoms with van der Waals surface area (Å²) in [5.41, 5.74) is 4.45. The van der Waals surface area contributed by atoms with Crippen molar-refractivity contribution in [1.29, 1.82) is 0 Å². The lowest BCUT2D eigenvalue weighted by molar-refractivity contribution is 0.164. The average Bonchev–Trinajstić information content (AvgIpc) is 2.75. The Morgan fingerprint density at radius 3 is 2.70 bits per heavy atom.